The Labute approximate surface area is 268 Å². The molecule has 3 heterocycles. The molecular formula is C33H37N3O4S3. The number of aliphatic hydroxyl groups excluding tert-OH is 1. The zero-order valence-electron chi connectivity index (χ0n) is 24.3. The number of benzene rings is 2. The summed E-state index contributed by atoms with van der Waals surface area (Å²) in [5.74, 6) is 2.84. The van der Waals surface area contributed by atoms with Gasteiger partial charge in [0.2, 0.25) is 0 Å². The van der Waals surface area contributed by atoms with Crippen molar-refractivity contribution in [2.45, 2.75) is 58.8 Å². The Balaban J connectivity index is 0.00000212. The lowest BCUT2D eigenvalue weighted by molar-refractivity contribution is -0.119. The minimum absolute atomic E-state index is 0. The lowest BCUT2D eigenvalue weighted by Crippen LogP contribution is -2.24. The fourth-order valence-corrected chi connectivity index (χ4v) is 7.06. The largest absolute Gasteiger partial charge is 0.511 e. The van der Waals surface area contributed by atoms with Crippen LogP contribution in [0.1, 0.15) is 57.4 Å². The van der Waals surface area contributed by atoms with Gasteiger partial charge in [0.05, 0.1) is 21.1 Å². The van der Waals surface area contributed by atoms with Crippen LogP contribution in [0.3, 0.4) is 0 Å². The number of pyridine rings is 1. The summed E-state index contributed by atoms with van der Waals surface area (Å²) in [5, 5.41) is 12.0. The van der Waals surface area contributed by atoms with Crippen LogP contribution in [0.5, 0.6) is 11.5 Å². The maximum atomic E-state index is 13.5. The van der Waals surface area contributed by atoms with Gasteiger partial charge in [0.1, 0.15) is 33.4 Å². The molecule has 1 aliphatic rings. The number of aromatic nitrogens is 3. The van der Waals surface area contributed by atoms with Gasteiger partial charge in [-0.05, 0) is 86.4 Å². The molecule has 3 aromatic heterocycles. The monoisotopic (exact) mass is 635 g/mol. The lowest BCUT2D eigenvalue weighted by atomic mass is 9.78. The van der Waals surface area contributed by atoms with Crippen LogP contribution in [0.25, 0.3) is 32.7 Å². The normalized spacial score (nSPS) is 17.3. The SMILES string of the molecule is CCC(=O)CC1CCC(CC(O)=c2sc3nccc4c3c2nc(=O)n4-c2ccc(Oc3ccccc3)cc2C)CC1.S.S. The highest BCUT2D eigenvalue weighted by Crippen LogP contribution is 2.35. The molecule has 2 aromatic carbocycles. The Morgan fingerprint density at radius 2 is 1.70 bits per heavy atom. The summed E-state index contributed by atoms with van der Waals surface area (Å²) in [4.78, 5) is 35.2. The van der Waals surface area contributed by atoms with E-state index in [-0.39, 0.29) is 32.8 Å². The van der Waals surface area contributed by atoms with Crippen molar-refractivity contribution in [3.8, 4) is 17.2 Å². The predicted octanol–water partition coefficient (Wildman–Crippen LogP) is 7.27. The van der Waals surface area contributed by atoms with Gasteiger partial charge in [-0.2, -0.15) is 32.0 Å². The predicted molar refractivity (Wildman–Crippen MR) is 184 cm³/mol. The Kier molecular flexibility index (Phi) is 10.6. The summed E-state index contributed by atoms with van der Waals surface area (Å²) >= 11 is 1.38. The minimum Gasteiger partial charge on any atom is -0.511 e. The summed E-state index contributed by atoms with van der Waals surface area (Å²) in [6.45, 7) is 3.87. The number of hydrogen-bond acceptors (Lipinski definition) is 7. The summed E-state index contributed by atoms with van der Waals surface area (Å²) in [6, 6.07) is 17.0. The lowest BCUT2D eigenvalue weighted by Gasteiger charge is -2.27. The number of aliphatic hydroxyl groups is 1. The molecule has 6 rings (SSSR count). The van der Waals surface area contributed by atoms with Crippen LogP contribution < -0.4 is 15.0 Å². The molecule has 5 aromatic rings. The second-order valence-corrected chi connectivity index (χ2v) is 12.0. The highest BCUT2D eigenvalue weighted by Gasteiger charge is 2.25. The molecule has 1 aliphatic carbocycles. The second kappa shape index (κ2) is 14.0. The van der Waals surface area contributed by atoms with Crippen molar-refractivity contribution < 1.29 is 14.6 Å². The molecule has 1 fully saturated rings. The standard InChI is InChI=1S/C33H33N3O4S.2H2S/c1-3-23(37)18-21-9-11-22(12-10-21)19-28(38)31-30-29-27(15-16-34-32(29)41-31)36(33(39)35-30)26-14-13-25(17-20(26)2)40-24-7-5-4-6-8-24;;/h4-8,13-17,21-22,38H,3,9-12,18-19H2,1-2H3;2*1H2. The fourth-order valence-electron chi connectivity index (χ4n) is 6.00. The van der Waals surface area contributed by atoms with Crippen LogP contribution in [0, 0.1) is 18.8 Å². The van der Waals surface area contributed by atoms with E-state index in [1.807, 2.05) is 68.4 Å². The zero-order chi connectivity index (χ0) is 28.5. The van der Waals surface area contributed by atoms with Gasteiger partial charge in [0.15, 0.2) is 0 Å². The van der Waals surface area contributed by atoms with E-state index in [2.05, 4.69) is 9.97 Å². The van der Waals surface area contributed by atoms with Crippen LogP contribution in [-0.4, -0.2) is 25.4 Å². The molecule has 10 heteroatoms. The third-order valence-corrected chi connectivity index (χ3v) is 9.33. The molecule has 0 bridgehead atoms. The minimum atomic E-state index is -0.404. The van der Waals surface area contributed by atoms with Crippen LogP contribution in [0.2, 0.25) is 0 Å². The first kappa shape index (κ1) is 32.6. The van der Waals surface area contributed by atoms with Gasteiger partial charge in [-0.15, -0.1) is 11.3 Å². The molecular weight excluding hydrogens is 599 g/mol. The average molecular weight is 636 g/mol. The Morgan fingerprint density at radius 1 is 1.00 bits per heavy atom. The van der Waals surface area contributed by atoms with Gasteiger partial charge in [-0.25, -0.2) is 9.78 Å². The van der Waals surface area contributed by atoms with Crippen molar-refractivity contribution in [2.24, 2.45) is 11.8 Å². The van der Waals surface area contributed by atoms with Gasteiger partial charge in [-0.3, -0.25) is 9.36 Å². The number of aryl methyl sites for hydroxylation is 1. The molecule has 0 spiro atoms. The van der Waals surface area contributed by atoms with E-state index in [1.54, 1.807) is 10.8 Å². The van der Waals surface area contributed by atoms with Crippen LogP contribution in [0.15, 0.2) is 65.6 Å². The number of para-hydroxylation sites is 1. The van der Waals surface area contributed by atoms with Gasteiger partial charge in [0.25, 0.3) is 0 Å². The van der Waals surface area contributed by atoms with Crippen molar-refractivity contribution >= 4 is 71.1 Å². The summed E-state index contributed by atoms with van der Waals surface area (Å²) in [5.41, 5.74) is 2.41. The first-order chi connectivity index (χ1) is 19.9. The number of hydrogen-bond donors (Lipinski definition) is 1. The van der Waals surface area contributed by atoms with E-state index in [1.165, 1.54) is 11.3 Å². The van der Waals surface area contributed by atoms with Gasteiger partial charge in [-0.1, -0.05) is 25.1 Å². The number of ether oxygens (including phenoxy) is 1. The van der Waals surface area contributed by atoms with Crippen molar-refractivity contribution in [3.63, 3.8) is 0 Å². The smallest absolute Gasteiger partial charge is 0.353 e. The Morgan fingerprint density at radius 3 is 2.37 bits per heavy atom. The van der Waals surface area contributed by atoms with E-state index in [0.29, 0.717) is 58.2 Å². The highest BCUT2D eigenvalue weighted by atomic mass is 32.1. The van der Waals surface area contributed by atoms with E-state index >= 15 is 0 Å². The summed E-state index contributed by atoms with van der Waals surface area (Å²) in [7, 11) is 0. The number of rotatable bonds is 8. The summed E-state index contributed by atoms with van der Waals surface area (Å²) in [6.07, 6.45) is 7.53. The highest BCUT2D eigenvalue weighted by molar-refractivity contribution is 7.59. The first-order valence-electron chi connectivity index (χ1n) is 14.3. The number of carbonyl (C=O) groups is 1. The molecule has 7 nitrogen and oxygen atoms in total. The molecule has 1 N–H and O–H groups in total. The van der Waals surface area contributed by atoms with Crippen LogP contribution in [0.4, 0.5) is 0 Å². The van der Waals surface area contributed by atoms with Crippen LogP contribution >= 0.6 is 38.3 Å². The van der Waals surface area contributed by atoms with Gasteiger partial charge >= 0.3 is 5.69 Å². The zero-order valence-corrected chi connectivity index (χ0v) is 27.1. The van der Waals surface area contributed by atoms with Crippen molar-refractivity contribution in [1.82, 2.24) is 14.5 Å². The van der Waals surface area contributed by atoms with Crippen molar-refractivity contribution in [3.05, 3.63) is 81.4 Å². The number of carbonyl (C=O) groups excluding carboxylic acids is 1. The Hall–Kier alpha value is -3.34. The number of Topliss-reactive ketones (excluding diaryl/α,β-unsaturated/α-hetero) is 1. The third kappa shape index (κ3) is 6.76. The van der Waals surface area contributed by atoms with E-state index in [9.17, 15) is 14.7 Å². The molecule has 0 aliphatic heterocycles. The topological polar surface area (TPSA) is 94.3 Å². The molecule has 43 heavy (non-hydrogen) atoms. The van der Waals surface area contributed by atoms with Crippen LogP contribution in [-0.2, 0) is 4.79 Å². The molecule has 0 radical (unpaired) electrons. The number of ketones is 1. The molecule has 0 unspecified atom stereocenters. The quantitative estimate of drug-likeness (QED) is 0.193. The van der Waals surface area contributed by atoms with Crippen molar-refractivity contribution in [2.75, 3.05) is 0 Å². The first-order valence-corrected chi connectivity index (χ1v) is 15.1. The van der Waals surface area contributed by atoms with E-state index in [0.717, 1.165) is 52.9 Å². The fraction of sp³-hybridized carbons (Fsp3) is 0.333. The Bertz CT molecular complexity index is 1840. The van der Waals surface area contributed by atoms with E-state index in [4.69, 9.17) is 4.74 Å². The molecule has 1 saturated carbocycles. The molecule has 0 atom stereocenters. The molecule has 0 saturated heterocycles. The third-order valence-electron chi connectivity index (χ3n) is 8.19. The average Bonchev–Trinajstić information content (AvgIpc) is 3.35. The van der Waals surface area contributed by atoms with Gasteiger partial charge < -0.3 is 9.84 Å². The maximum Gasteiger partial charge on any atom is 0.353 e. The van der Waals surface area contributed by atoms with Gasteiger partial charge in [0, 0.05) is 25.5 Å². The second-order valence-electron chi connectivity index (χ2n) is 11.0. The molecule has 0 amide bonds. The van der Waals surface area contributed by atoms with Crippen molar-refractivity contribution in [1.29, 1.82) is 0 Å². The van der Waals surface area contributed by atoms with E-state index < -0.39 is 5.69 Å². The number of nitrogens with zero attached hydrogens (tertiary/aromatic N) is 3. The number of thiophene rings is 1. The maximum absolute atomic E-state index is 13.5. The molecule has 226 valence electrons. The summed E-state index contributed by atoms with van der Waals surface area (Å²) < 4.78 is 8.22.